The number of nitrogens with one attached hydrogen (secondary N) is 1. The predicted molar refractivity (Wildman–Crippen MR) is 91.7 cm³/mol. The second-order valence-electron chi connectivity index (χ2n) is 5.17. The monoisotopic (exact) mass is 301 g/mol. The van der Waals surface area contributed by atoms with Crippen LogP contribution in [0.25, 0.3) is 0 Å². The molecule has 0 bridgehead atoms. The quantitative estimate of drug-likeness (QED) is 0.785. The lowest BCUT2D eigenvalue weighted by molar-refractivity contribution is 0.168. The number of benzene rings is 2. The van der Waals surface area contributed by atoms with Crippen LogP contribution in [0.15, 0.2) is 60.7 Å². The van der Waals surface area contributed by atoms with Gasteiger partial charge in [0.15, 0.2) is 0 Å². The highest BCUT2D eigenvalue weighted by atomic mass is 32.2. The van der Waals surface area contributed by atoms with Crippen LogP contribution in [0, 0.1) is 0 Å². The average molecular weight is 301 g/mol. The van der Waals surface area contributed by atoms with Gasteiger partial charge in [0.2, 0.25) is 0 Å². The molecule has 2 aromatic carbocycles. The molecular formula is C18H23NOS. The van der Waals surface area contributed by atoms with Gasteiger partial charge in [-0.2, -0.15) is 11.8 Å². The van der Waals surface area contributed by atoms with Gasteiger partial charge in [0, 0.05) is 18.3 Å². The Morgan fingerprint density at radius 1 is 1.00 bits per heavy atom. The van der Waals surface area contributed by atoms with Crippen LogP contribution in [0.1, 0.15) is 17.2 Å². The van der Waals surface area contributed by atoms with Crippen molar-refractivity contribution in [2.75, 3.05) is 18.6 Å². The van der Waals surface area contributed by atoms with Gasteiger partial charge in [-0.15, -0.1) is 0 Å². The van der Waals surface area contributed by atoms with Crippen LogP contribution in [0.3, 0.4) is 0 Å². The highest BCUT2D eigenvalue weighted by Gasteiger charge is 2.12. The van der Waals surface area contributed by atoms with Crippen LogP contribution in [0.4, 0.5) is 0 Å². The van der Waals surface area contributed by atoms with E-state index >= 15 is 0 Å². The van der Waals surface area contributed by atoms with Gasteiger partial charge in [-0.05, 0) is 23.8 Å². The summed E-state index contributed by atoms with van der Waals surface area (Å²) in [6.45, 7) is 0.606. The fourth-order valence-corrected chi connectivity index (χ4v) is 3.01. The summed E-state index contributed by atoms with van der Waals surface area (Å²) in [5.74, 6) is 1.00. The van der Waals surface area contributed by atoms with Crippen molar-refractivity contribution in [1.29, 1.82) is 0 Å². The van der Waals surface area contributed by atoms with E-state index in [-0.39, 0.29) is 12.1 Å². The van der Waals surface area contributed by atoms with Crippen molar-refractivity contribution in [2.24, 2.45) is 0 Å². The first-order valence-corrected chi connectivity index (χ1v) is 8.68. The van der Waals surface area contributed by atoms with Crippen LogP contribution < -0.4 is 5.32 Å². The third-order valence-corrected chi connectivity index (χ3v) is 4.12. The lowest BCUT2D eigenvalue weighted by atomic mass is 10.1. The van der Waals surface area contributed by atoms with E-state index in [0.717, 1.165) is 5.75 Å². The Bertz CT molecular complexity index is 503. The molecule has 0 spiro atoms. The lowest BCUT2D eigenvalue weighted by Gasteiger charge is -2.20. The molecule has 2 rings (SSSR count). The minimum atomic E-state index is -0.361. The molecule has 0 radical (unpaired) electrons. The van der Waals surface area contributed by atoms with Crippen LogP contribution in [-0.4, -0.2) is 29.8 Å². The Hall–Kier alpha value is -1.29. The summed E-state index contributed by atoms with van der Waals surface area (Å²) in [5, 5.41) is 13.7. The number of aliphatic hydroxyl groups excluding tert-OH is 1. The van der Waals surface area contributed by atoms with E-state index in [1.165, 1.54) is 11.1 Å². The molecule has 0 amide bonds. The van der Waals surface area contributed by atoms with Crippen LogP contribution in [-0.2, 0) is 6.42 Å². The van der Waals surface area contributed by atoms with Gasteiger partial charge in [0.25, 0.3) is 0 Å². The number of hydrogen-bond donors (Lipinski definition) is 2. The average Bonchev–Trinajstić information content (AvgIpc) is 2.53. The lowest BCUT2D eigenvalue weighted by Crippen LogP contribution is -2.32. The molecule has 0 aliphatic rings. The van der Waals surface area contributed by atoms with E-state index in [9.17, 15) is 5.11 Å². The zero-order valence-electron chi connectivity index (χ0n) is 12.4. The Balaban J connectivity index is 1.87. The van der Waals surface area contributed by atoms with Crippen molar-refractivity contribution in [3.63, 3.8) is 0 Å². The first kappa shape index (κ1) is 16.1. The van der Waals surface area contributed by atoms with Gasteiger partial charge in [-0.3, -0.25) is 0 Å². The number of rotatable bonds is 8. The zero-order chi connectivity index (χ0) is 14.9. The Kier molecular flexibility index (Phi) is 6.80. The Morgan fingerprint density at radius 2 is 1.62 bits per heavy atom. The second-order valence-corrected chi connectivity index (χ2v) is 6.08. The maximum absolute atomic E-state index is 10.2. The zero-order valence-corrected chi connectivity index (χ0v) is 13.2. The molecule has 21 heavy (non-hydrogen) atoms. The van der Waals surface area contributed by atoms with Crippen molar-refractivity contribution in [3.05, 3.63) is 71.8 Å². The van der Waals surface area contributed by atoms with Gasteiger partial charge >= 0.3 is 0 Å². The van der Waals surface area contributed by atoms with Crippen molar-refractivity contribution >= 4 is 11.8 Å². The summed E-state index contributed by atoms with van der Waals surface area (Å²) in [4.78, 5) is 0. The SMILES string of the molecule is CSCC(NCC(O)Cc1ccccc1)c1ccccc1. The maximum atomic E-state index is 10.2. The van der Waals surface area contributed by atoms with E-state index in [1.54, 1.807) is 0 Å². The topological polar surface area (TPSA) is 32.3 Å². The number of aliphatic hydroxyl groups is 1. The highest BCUT2D eigenvalue weighted by molar-refractivity contribution is 7.98. The molecular weight excluding hydrogens is 278 g/mol. The standard InChI is InChI=1S/C18H23NOS/c1-21-14-18(16-10-6-3-7-11-16)19-13-17(20)12-15-8-4-2-5-9-15/h2-11,17-20H,12-14H2,1H3. The van der Waals surface area contributed by atoms with Gasteiger partial charge < -0.3 is 10.4 Å². The summed E-state index contributed by atoms with van der Waals surface area (Å²) < 4.78 is 0. The molecule has 0 aliphatic carbocycles. The van der Waals surface area contributed by atoms with Gasteiger partial charge in [0.05, 0.1) is 6.10 Å². The fraction of sp³-hybridized carbons (Fsp3) is 0.333. The van der Waals surface area contributed by atoms with E-state index < -0.39 is 0 Å². The molecule has 2 aromatic rings. The van der Waals surface area contributed by atoms with Crippen LogP contribution >= 0.6 is 11.8 Å². The summed E-state index contributed by atoms with van der Waals surface area (Å²) in [6.07, 6.45) is 2.44. The second kappa shape index (κ2) is 8.88. The van der Waals surface area contributed by atoms with Crippen molar-refractivity contribution in [1.82, 2.24) is 5.32 Å². The third kappa shape index (κ3) is 5.54. The maximum Gasteiger partial charge on any atom is 0.0705 e. The predicted octanol–water partition coefficient (Wildman–Crippen LogP) is 3.28. The molecule has 0 aliphatic heterocycles. The Morgan fingerprint density at radius 3 is 2.24 bits per heavy atom. The minimum absolute atomic E-state index is 0.284. The molecule has 2 unspecified atom stereocenters. The van der Waals surface area contributed by atoms with E-state index in [2.05, 4.69) is 48.0 Å². The molecule has 0 fully saturated rings. The van der Waals surface area contributed by atoms with E-state index in [1.807, 2.05) is 36.0 Å². The summed E-state index contributed by atoms with van der Waals surface area (Å²) in [7, 11) is 0. The molecule has 112 valence electrons. The molecule has 2 atom stereocenters. The fourth-order valence-electron chi connectivity index (χ4n) is 2.36. The smallest absolute Gasteiger partial charge is 0.0705 e. The largest absolute Gasteiger partial charge is 0.391 e. The molecule has 0 aromatic heterocycles. The number of thioether (sulfide) groups is 1. The van der Waals surface area contributed by atoms with E-state index in [0.29, 0.717) is 13.0 Å². The van der Waals surface area contributed by atoms with E-state index in [4.69, 9.17) is 0 Å². The van der Waals surface area contributed by atoms with Crippen molar-refractivity contribution < 1.29 is 5.11 Å². The van der Waals surface area contributed by atoms with Gasteiger partial charge in [-0.1, -0.05) is 60.7 Å². The summed E-state index contributed by atoms with van der Waals surface area (Å²) in [6, 6.07) is 20.8. The molecule has 3 heteroatoms. The van der Waals surface area contributed by atoms with Crippen molar-refractivity contribution in [3.8, 4) is 0 Å². The molecule has 2 nitrogen and oxygen atoms in total. The minimum Gasteiger partial charge on any atom is -0.391 e. The molecule has 0 heterocycles. The first-order valence-electron chi connectivity index (χ1n) is 7.29. The molecule has 0 saturated heterocycles. The van der Waals surface area contributed by atoms with Gasteiger partial charge in [0.1, 0.15) is 0 Å². The number of hydrogen-bond acceptors (Lipinski definition) is 3. The highest BCUT2D eigenvalue weighted by Crippen LogP contribution is 2.17. The molecule has 0 saturated carbocycles. The van der Waals surface area contributed by atoms with Gasteiger partial charge in [-0.25, -0.2) is 0 Å². The Labute approximate surface area is 131 Å². The van der Waals surface area contributed by atoms with Crippen molar-refractivity contribution in [2.45, 2.75) is 18.6 Å². The van der Waals surface area contributed by atoms with Crippen LogP contribution in [0.5, 0.6) is 0 Å². The molecule has 2 N–H and O–H groups in total. The normalized spacial score (nSPS) is 13.8. The van der Waals surface area contributed by atoms with Crippen LogP contribution in [0.2, 0.25) is 0 Å². The third-order valence-electron chi connectivity index (χ3n) is 3.45. The first-order chi connectivity index (χ1) is 10.3. The summed E-state index contributed by atoms with van der Waals surface area (Å²) >= 11 is 1.82. The summed E-state index contributed by atoms with van der Waals surface area (Å²) in [5.41, 5.74) is 2.45.